The van der Waals surface area contributed by atoms with Gasteiger partial charge in [-0.15, -0.1) is 0 Å². The van der Waals surface area contributed by atoms with Crippen LogP contribution in [0.25, 0.3) is 0 Å². The number of nitrogens with one attached hydrogen (secondary N) is 1. The van der Waals surface area contributed by atoms with Crippen LogP contribution < -0.4 is 10.1 Å². The summed E-state index contributed by atoms with van der Waals surface area (Å²) < 4.78 is 11.2. The second-order valence-corrected chi connectivity index (χ2v) is 8.79. The van der Waals surface area contributed by atoms with Gasteiger partial charge in [-0.05, 0) is 55.2 Å². The van der Waals surface area contributed by atoms with Gasteiger partial charge in [-0.2, -0.15) is 0 Å². The first-order valence-corrected chi connectivity index (χ1v) is 12.1. The highest BCUT2D eigenvalue weighted by atomic mass is 16.5. The fourth-order valence-corrected chi connectivity index (χ4v) is 4.51. The standard InChI is InChI=1S/C29H32N2O4/c1-2-34-28(33)29(24-11-7-4-8-12-24)17-19-31(20-18-29)21-27(32)30-25-13-15-26(16-14-25)35-22-23-9-5-3-6-10-23/h3-16H,2,17-22H2,1H3,(H,30,32). The molecule has 4 rings (SSSR count). The van der Waals surface area contributed by atoms with Crippen LogP contribution in [0.5, 0.6) is 5.75 Å². The molecule has 1 heterocycles. The van der Waals surface area contributed by atoms with E-state index in [0.29, 0.717) is 39.1 Å². The summed E-state index contributed by atoms with van der Waals surface area (Å²) >= 11 is 0. The molecule has 1 fully saturated rings. The van der Waals surface area contributed by atoms with Gasteiger partial charge in [-0.25, -0.2) is 0 Å². The molecule has 1 aliphatic rings. The lowest BCUT2D eigenvalue weighted by atomic mass is 9.72. The Hall–Kier alpha value is -3.64. The van der Waals surface area contributed by atoms with E-state index in [0.717, 1.165) is 22.6 Å². The number of esters is 1. The lowest BCUT2D eigenvalue weighted by Gasteiger charge is -2.40. The minimum absolute atomic E-state index is 0.0775. The maximum atomic E-state index is 12.9. The molecule has 182 valence electrons. The Kier molecular flexibility index (Phi) is 8.16. The number of nitrogens with zero attached hydrogens (tertiary/aromatic N) is 1. The molecule has 0 radical (unpaired) electrons. The highest BCUT2D eigenvalue weighted by Gasteiger charge is 2.44. The van der Waals surface area contributed by atoms with Crippen molar-refractivity contribution in [1.29, 1.82) is 0 Å². The smallest absolute Gasteiger partial charge is 0.316 e. The van der Waals surface area contributed by atoms with Gasteiger partial charge in [0.25, 0.3) is 0 Å². The van der Waals surface area contributed by atoms with Crippen LogP contribution in [0.3, 0.4) is 0 Å². The van der Waals surface area contributed by atoms with Crippen LogP contribution in [-0.2, 0) is 26.3 Å². The molecule has 0 atom stereocenters. The molecular weight excluding hydrogens is 440 g/mol. The molecule has 3 aromatic carbocycles. The molecule has 0 spiro atoms. The van der Waals surface area contributed by atoms with E-state index in [-0.39, 0.29) is 18.4 Å². The van der Waals surface area contributed by atoms with Crippen molar-refractivity contribution in [2.75, 3.05) is 31.6 Å². The number of carbonyl (C=O) groups is 2. The number of hydrogen-bond acceptors (Lipinski definition) is 5. The summed E-state index contributed by atoms with van der Waals surface area (Å²) in [5, 5.41) is 2.96. The van der Waals surface area contributed by atoms with Crippen LogP contribution in [-0.4, -0.2) is 43.0 Å². The third-order valence-corrected chi connectivity index (χ3v) is 6.46. The topological polar surface area (TPSA) is 67.9 Å². The van der Waals surface area contributed by atoms with Crippen molar-refractivity contribution >= 4 is 17.6 Å². The Morgan fingerprint density at radius 2 is 1.51 bits per heavy atom. The first-order valence-electron chi connectivity index (χ1n) is 12.1. The molecule has 1 saturated heterocycles. The summed E-state index contributed by atoms with van der Waals surface area (Å²) in [6.07, 6.45) is 1.24. The van der Waals surface area contributed by atoms with E-state index in [1.807, 2.05) is 91.9 Å². The minimum atomic E-state index is -0.653. The summed E-state index contributed by atoms with van der Waals surface area (Å²) in [6, 6.07) is 27.2. The average molecular weight is 473 g/mol. The average Bonchev–Trinajstić information content (AvgIpc) is 2.90. The number of ether oxygens (including phenoxy) is 2. The zero-order valence-corrected chi connectivity index (χ0v) is 20.1. The van der Waals surface area contributed by atoms with Crippen molar-refractivity contribution in [3.63, 3.8) is 0 Å². The number of hydrogen-bond donors (Lipinski definition) is 1. The first kappa shape index (κ1) is 24.5. The zero-order valence-electron chi connectivity index (χ0n) is 20.1. The predicted molar refractivity (Wildman–Crippen MR) is 136 cm³/mol. The van der Waals surface area contributed by atoms with E-state index in [1.165, 1.54) is 0 Å². The number of benzene rings is 3. The lowest BCUT2D eigenvalue weighted by Crippen LogP contribution is -2.49. The fourth-order valence-electron chi connectivity index (χ4n) is 4.51. The Morgan fingerprint density at radius 1 is 0.886 bits per heavy atom. The normalized spacial score (nSPS) is 15.2. The van der Waals surface area contributed by atoms with Crippen molar-refractivity contribution in [1.82, 2.24) is 4.90 Å². The SMILES string of the molecule is CCOC(=O)C1(c2ccccc2)CCN(CC(=O)Nc2ccc(OCc3ccccc3)cc2)CC1. The Bertz CT molecular complexity index is 1090. The summed E-state index contributed by atoms with van der Waals surface area (Å²) in [4.78, 5) is 27.7. The van der Waals surface area contributed by atoms with Crippen molar-refractivity contribution in [2.24, 2.45) is 0 Å². The number of amides is 1. The zero-order chi connectivity index (χ0) is 24.5. The Balaban J connectivity index is 1.29. The maximum absolute atomic E-state index is 12.9. The van der Waals surface area contributed by atoms with E-state index in [4.69, 9.17) is 9.47 Å². The summed E-state index contributed by atoms with van der Waals surface area (Å²) in [6.45, 7) is 4.26. The van der Waals surface area contributed by atoms with Crippen LogP contribution in [0.15, 0.2) is 84.9 Å². The molecule has 1 amide bonds. The fraction of sp³-hybridized carbons (Fsp3) is 0.310. The number of anilines is 1. The number of carbonyl (C=O) groups excluding carboxylic acids is 2. The van der Waals surface area contributed by atoms with Gasteiger partial charge in [0.1, 0.15) is 12.4 Å². The molecule has 0 aromatic heterocycles. The molecule has 3 aromatic rings. The van der Waals surface area contributed by atoms with E-state index < -0.39 is 5.41 Å². The molecule has 0 saturated carbocycles. The summed E-state index contributed by atoms with van der Waals surface area (Å²) in [7, 11) is 0. The van der Waals surface area contributed by atoms with Gasteiger partial charge in [0, 0.05) is 18.8 Å². The second kappa shape index (κ2) is 11.7. The Labute approximate surface area is 206 Å². The van der Waals surface area contributed by atoms with E-state index in [9.17, 15) is 9.59 Å². The largest absolute Gasteiger partial charge is 0.489 e. The molecule has 35 heavy (non-hydrogen) atoms. The monoisotopic (exact) mass is 472 g/mol. The Morgan fingerprint density at radius 3 is 2.14 bits per heavy atom. The summed E-state index contributed by atoms with van der Waals surface area (Å²) in [5.41, 5.74) is 2.16. The van der Waals surface area contributed by atoms with Crippen LogP contribution in [0.1, 0.15) is 30.9 Å². The van der Waals surface area contributed by atoms with Gasteiger partial charge in [0.15, 0.2) is 0 Å². The number of piperidine rings is 1. The molecule has 1 aliphatic heterocycles. The van der Waals surface area contributed by atoms with Crippen molar-refractivity contribution in [2.45, 2.75) is 31.8 Å². The van der Waals surface area contributed by atoms with Gasteiger partial charge >= 0.3 is 5.97 Å². The lowest BCUT2D eigenvalue weighted by molar-refractivity contribution is -0.152. The molecule has 6 nitrogen and oxygen atoms in total. The van der Waals surface area contributed by atoms with Gasteiger partial charge in [-0.1, -0.05) is 60.7 Å². The third kappa shape index (κ3) is 6.28. The molecule has 0 bridgehead atoms. The number of likely N-dealkylation sites (tertiary alicyclic amines) is 1. The molecular formula is C29H32N2O4. The summed E-state index contributed by atoms with van der Waals surface area (Å²) in [5.74, 6) is 0.496. The maximum Gasteiger partial charge on any atom is 0.316 e. The third-order valence-electron chi connectivity index (χ3n) is 6.46. The molecule has 0 unspecified atom stereocenters. The highest BCUT2D eigenvalue weighted by Crippen LogP contribution is 2.37. The van der Waals surface area contributed by atoms with Crippen molar-refractivity contribution < 1.29 is 19.1 Å². The quantitative estimate of drug-likeness (QED) is 0.453. The van der Waals surface area contributed by atoms with Crippen LogP contribution in [0.4, 0.5) is 5.69 Å². The molecule has 0 aliphatic carbocycles. The highest BCUT2D eigenvalue weighted by molar-refractivity contribution is 5.92. The van der Waals surface area contributed by atoms with Gasteiger partial charge in [0.05, 0.1) is 18.6 Å². The molecule has 6 heteroatoms. The second-order valence-electron chi connectivity index (χ2n) is 8.79. The van der Waals surface area contributed by atoms with Gasteiger partial charge < -0.3 is 14.8 Å². The van der Waals surface area contributed by atoms with E-state index >= 15 is 0 Å². The van der Waals surface area contributed by atoms with E-state index in [2.05, 4.69) is 10.2 Å². The van der Waals surface area contributed by atoms with E-state index in [1.54, 1.807) is 0 Å². The van der Waals surface area contributed by atoms with Gasteiger partial charge in [-0.3, -0.25) is 14.5 Å². The molecule has 1 N–H and O–H groups in total. The minimum Gasteiger partial charge on any atom is -0.489 e. The number of rotatable bonds is 9. The first-order chi connectivity index (χ1) is 17.1. The van der Waals surface area contributed by atoms with Crippen LogP contribution >= 0.6 is 0 Å². The van der Waals surface area contributed by atoms with Crippen LogP contribution in [0, 0.1) is 0 Å². The predicted octanol–water partition coefficient (Wildman–Crippen LogP) is 4.80. The van der Waals surface area contributed by atoms with Crippen molar-refractivity contribution in [3.8, 4) is 5.75 Å². The van der Waals surface area contributed by atoms with Crippen LogP contribution in [0.2, 0.25) is 0 Å². The van der Waals surface area contributed by atoms with Gasteiger partial charge in [0.2, 0.25) is 5.91 Å². The van der Waals surface area contributed by atoms with Crippen molar-refractivity contribution in [3.05, 3.63) is 96.1 Å².